The smallest absolute Gasteiger partial charge is 0.296 e. The number of benzene rings is 1. The fourth-order valence-corrected chi connectivity index (χ4v) is 2.34. The number of rotatable bonds is 3. The second kappa shape index (κ2) is 6.56. The van der Waals surface area contributed by atoms with Gasteiger partial charge in [-0.3, -0.25) is 14.5 Å². The SMILES string of the molecule is O=c1[nH]c(-c2cc(C(F)(F)F)cnc2Cc2ccc(C(F)(F)F)cc2)no1. The van der Waals surface area contributed by atoms with Crippen molar-refractivity contribution < 1.29 is 30.9 Å². The average Bonchev–Trinajstić information content (AvgIpc) is 3.00. The van der Waals surface area contributed by atoms with Crippen LogP contribution in [0.4, 0.5) is 26.3 Å². The summed E-state index contributed by atoms with van der Waals surface area (Å²) in [7, 11) is 0. The molecule has 27 heavy (non-hydrogen) atoms. The third kappa shape index (κ3) is 4.18. The molecule has 0 fully saturated rings. The Labute approximate surface area is 146 Å². The molecule has 142 valence electrons. The highest BCUT2D eigenvalue weighted by molar-refractivity contribution is 5.59. The average molecular weight is 389 g/mol. The molecule has 0 unspecified atom stereocenters. The van der Waals surface area contributed by atoms with E-state index in [0.717, 1.165) is 18.2 Å². The van der Waals surface area contributed by atoms with Crippen LogP contribution in [0, 0.1) is 0 Å². The number of hydrogen-bond donors (Lipinski definition) is 1. The number of aromatic nitrogens is 3. The van der Waals surface area contributed by atoms with E-state index in [2.05, 4.69) is 19.6 Å². The molecule has 3 aromatic rings. The van der Waals surface area contributed by atoms with E-state index in [-0.39, 0.29) is 23.5 Å². The van der Waals surface area contributed by atoms with Crippen LogP contribution in [0.1, 0.15) is 22.4 Å². The van der Waals surface area contributed by atoms with Gasteiger partial charge >= 0.3 is 18.1 Å². The fraction of sp³-hybridized carbons (Fsp3) is 0.188. The molecule has 2 heterocycles. The zero-order valence-corrected chi connectivity index (χ0v) is 13.1. The van der Waals surface area contributed by atoms with Crippen LogP contribution in [0.3, 0.4) is 0 Å². The lowest BCUT2D eigenvalue weighted by atomic mass is 10.0. The van der Waals surface area contributed by atoms with Gasteiger partial charge in [0.25, 0.3) is 0 Å². The number of hydrogen-bond acceptors (Lipinski definition) is 4. The van der Waals surface area contributed by atoms with Crippen molar-refractivity contribution in [3.8, 4) is 11.4 Å². The third-order valence-electron chi connectivity index (χ3n) is 3.65. The lowest BCUT2D eigenvalue weighted by Crippen LogP contribution is -2.09. The monoisotopic (exact) mass is 389 g/mol. The summed E-state index contributed by atoms with van der Waals surface area (Å²) in [6.07, 6.45) is -8.67. The van der Waals surface area contributed by atoms with Crippen molar-refractivity contribution in [2.45, 2.75) is 18.8 Å². The minimum atomic E-state index is -4.68. The molecule has 0 saturated carbocycles. The van der Waals surface area contributed by atoms with Crippen LogP contribution in [0.15, 0.2) is 45.8 Å². The Bertz CT molecular complexity index is 1000. The maximum atomic E-state index is 12.9. The molecule has 11 heteroatoms. The zero-order valence-electron chi connectivity index (χ0n) is 13.1. The Kier molecular flexibility index (Phi) is 4.54. The van der Waals surface area contributed by atoms with E-state index in [1.54, 1.807) is 0 Å². The first-order valence-electron chi connectivity index (χ1n) is 7.32. The van der Waals surface area contributed by atoms with Crippen LogP contribution >= 0.6 is 0 Å². The topological polar surface area (TPSA) is 71.8 Å². The highest BCUT2D eigenvalue weighted by Crippen LogP contribution is 2.33. The van der Waals surface area contributed by atoms with Crippen LogP contribution in [0.2, 0.25) is 0 Å². The minimum Gasteiger partial charge on any atom is -0.296 e. The molecule has 2 aromatic heterocycles. The van der Waals surface area contributed by atoms with Gasteiger partial charge in [0, 0.05) is 18.2 Å². The fourth-order valence-electron chi connectivity index (χ4n) is 2.34. The summed E-state index contributed by atoms with van der Waals surface area (Å²) in [5.74, 6) is -1.23. The van der Waals surface area contributed by atoms with Crippen molar-refractivity contribution in [2.75, 3.05) is 0 Å². The largest absolute Gasteiger partial charge is 0.439 e. The number of alkyl halides is 6. The van der Waals surface area contributed by atoms with Crippen LogP contribution in [-0.2, 0) is 18.8 Å². The number of halogens is 6. The highest BCUT2D eigenvalue weighted by Gasteiger charge is 2.32. The lowest BCUT2D eigenvalue weighted by Gasteiger charge is -2.12. The van der Waals surface area contributed by atoms with Gasteiger partial charge < -0.3 is 0 Å². The van der Waals surface area contributed by atoms with E-state index in [0.29, 0.717) is 11.8 Å². The van der Waals surface area contributed by atoms with Crippen molar-refractivity contribution in [3.05, 3.63) is 69.5 Å². The van der Waals surface area contributed by atoms with Crippen molar-refractivity contribution >= 4 is 0 Å². The van der Waals surface area contributed by atoms with Gasteiger partial charge in [-0.2, -0.15) is 26.3 Å². The molecule has 0 aliphatic heterocycles. The van der Waals surface area contributed by atoms with Crippen molar-refractivity contribution in [1.29, 1.82) is 0 Å². The number of H-pyrrole nitrogens is 1. The summed E-state index contributed by atoms with van der Waals surface area (Å²) in [5.41, 5.74) is -1.62. The molecular formula is C16H9F6N3O2. The normalized spacial score (nSPS) is 12.4. The highest BCUT2D eigenvalue weighted by atomic mass is 19.4. The Hall–Kier alpha value is -3.11. The van der Waals surface area contributed by atoms with E-state index in [1.807, 2.05) is 0 Å². The molecule has 0 spiro atoms. The van der Waals surface area contributed by atoms with Crippen LogP contribution in [-0.4, -0.2) is 15.1 Å². The Balaban J connectivity index is 2.01. The Morgan fingerprint density at radius 2 is 1.59 bits per heavy atom. The zero-order chi connectivity index (χ0) is 19.8. The lowest BCUT2D eigenvalue weighted by molar-refractivity contribution is -0.138. The summed E-state index contributed by atoms with van der Waals surface area (Å²) < 4.78 is 81.0. The molecular weight excluding hydrogens is 380 g/mol. The van der Waals surface area contributed by atoms with E-state index >= 15 is 0 Å². The minimum absolute atomic E-state index is 0.0762. The van der Waals surface area contributed by atoms with E-state index in [9.17, 15) is 31.1 Å². The maximum Gasteiger partial charge on any atom is 0.439 e. The predicted molar refractivity (Wildman–Crippen MR) is 79.6 cm³/mol. The van der Waals surface area contributed by atoms with Crippen molar-refractivity contribution in [1.82, 2.24) is 15.1 Å². The number of aromatic amines is 1. The molecule has 0 bridgehead atoms. The summed E-state index contributed by atoms with van der Waals surface area (Å²) in [4.78, 5) is 17.0. The second-order valence-corrected chi connectivity index (χ2v) is 5.53. The first kappa shape index (κ1) is 18.7. The number of pyridine rings is 1. The molecule has 1 aromatic carbocycles. The summed E-state index contributed by atoms with van der Waals surface area (Å²) in [5, 5.41) is 3.36. The van der Waals surface area contributed by atoms with E-state index in [1.165, 1.54) is 12.1 Å². The van der Waals surface area contributed by atoms with Gasteiger partial charge in [-0.25, -0.2) is 4.79 Å². The van der Waals surface area contributed by atoms with Crippen LogP contribution < -0.4 is 5.76 Å². The Morgan fingerprint density at radius 3 is 2.11 bits per heavy atom. The number of nitrogens with zero attached hydrogens (tertiary/aromatic N) is 2. The van der Waals surface area contributed by atoms with Crippen LogP contribution in [0.5, 0.6) is 0 Å². The molecule has 0 aliphatic carbocycles. The maximum absolute atomic E-state index is 12.9. The molecule has 0 aliphatic rings. The van der Waals surface area contributed by atoms with Gasteiger partial charge in [0.2, 0.25) is 0 Å². The van der Waals surface area contributed by atoms with Gasteiger partial charge in [0.05, 0.1) is 16.8 Å². The summed E-state index contributed by atoms with van der Waals surface area (Å²) in [6.45, 7) is 0. The van der Waals surface area contributed by atoms with Gasteiger partial charge in [-0.15, -0.1) is 0 Å². The van der Waals surface area contributed by atoms with E-state index in [4.69, 9.17) is 0 Å². The second-order valence-electron chi connectivity index (χ2n) is 5.53. The molecule has 0 amide bonds. The first-order chi connectivity index (χ1) is 12.5. The molecule has 0 radical (unpaired) electrons. The molecule has 3 rings (SSSR count). The summed E-state index contributed by atoms with van der Waals surface area (Å²) >= 11 is 0. The first-order valence-corrected chi connectivity index (χ1v) is 7.32. The number of nitrogens with one attached hydrogen (secondary N) is 1. The predicted octanol–water partition coefficient (Wildman–Crippen LogP) is 4.05. The molecule has 0 atom stereocenters. The van der Waals surface area contributed by atoms with Crippen molar-refractivity contribution in [2.24, 2.45) is 0 Å². The Morgan fingerprint density at radius 1 is 0.963 bits per heavy atom. The van der Waals surface area contributed by atoms with Gasteiger partial charge in [-0.1, -0.05) is 17.3 Å². The standard InChI is InChI=1S/C16H9F6N3O2/c17-15(18,19)9-3-1-8(2-4-9)5-12-11(13-24-14(26)27-25-13)6-10(7-23-12)16(20,21)22/h1-4,6-7H,5H2,(H,24,25,26). The molecule has 5 nitrogen and oxygen atoms in total. The third-order valence-corrected chi connectivity index (χ3v) is 3.65. The molecule has 0 saturated heterocycles. The van der Waals surface area contributed by atoms with Gasteiger partial charge in [0.1, 0.15) is 0 Å². The van der Waals surface area contributed by atoms with E-state index < -0.39 is 29.2 Å². The summed E-state index contributed by atoms with van der Waals surface area (Å²) in [6, 6.07) is 4.84. The van der Waals surface area contributed by atoms with Gasteiger partial charge in [-0.05, 0) is 23.8 Å². The quantitative estimate of drug-likeness (QED) is 0.686. The van der Waals surface area contributed by atoms with Crippen molar-refractivity contribution in [3.63, 3.8) is 0 Å². The van der Waals surface area contributed by atoms with Gasteiger partial charge in [0.15, 0.2) is 5.82 Å². The van der Waals surface area contributed by atoms with Crippen LogP contribution in [0.25, 0.3) is 11.4 Å². The molecule has 1 N–H and O–H groups in total.